The van der Waals surface area contributed by atoms with Crippen LogP contribution in [0.2, 0.25) is 0 Å². The van der Waals surface area contributed by atoms with Crippen LogP contribution in [0.4, 0.5) is 11.4 Å². The van der Waals surface area contributed by atoms with Gasteiger partial charge in [-0.15, -0.1) is 0 Å². The zero-order valence-corrected chi connectivity index (χ0v) is 11.8. The molecular weight excluding hydrogens is 302 g/mol. The average Bonchev–Trinajstić information content (AvgIpc) is 2.54. The molecule has 2 aromatic rings. The first kappa shape index (κ1) is 16.0. The quantitative estimate of drug-likeness (QED) is 0.466. The Hall–Kier alpha value is -3.42. The summed E-state index contributed by atoms with van der Waals surface area (Å²) in [6.07, 6.45) is 1.38. The molecule has 8 heteroatoms. The van der Waals surface area contributed by atoms with Crippen molar-refractivity contribution in [1.29, 1.82) is 0 Å². The minimum Gasteiger partial charge on any atom is -0.546 e. The predicted molar refractivity (Wildman–Crippen MR) is 81.3 cm³/mol. The van der Waals surface area contributed by atoms with Gasteiger partial charge in [0.05, 0.1) is 17.1 Å². The molecular formula is C15H12N3O5-. The summed E-state index contributed by atoms with van der Waals surface area (Å²) in [7, 11) is 0. The molecule has 0 saturated carbocycles. The number of carboxylic acids is 1. The maximum atomic E-state index is 10.9. The maximum absolute atomic E-state index is 10.9. The Labute approximate surface area is 131 Å². The topological polar surface area (TPSA) is 117 Å². The number of ether oxygens (including phenoxy) is 1. The van der Waals surface area contributed by atoms with Gasteiger partial charge in [0.25, 0.3) is 5.69 Å². The Kier molecular flexibility index (Phi) is 5.24. The number of nitrogens with one attached hydrogen (secondary N) is 1. The number of anilines is 1. The van der Waals surface area contributed by atoms with E-state index in [1.807, 2.05) is 0 Å². The predicted octanol–water partition coefficient (Wildman–Crippen LogP) is 1.17. The van der Waals surface area contributed by atoms with Gasteiger partial charge in [0, 0.05) is 11.6 Å². The molecule has 0 radical (unpaired) electrons. The second-order valence-corrected chi connectivity index (χ2v) is 4.34. The van der Waals surface area contributed by atoms with Crippen molar-refractivity contribution in [1.82, 2.24) is 0 Å². The standard InChI is InChI=1S/C15H13N3O5/c19-15(20)10-23-14-8-4-1-5-11(14)9-16-17-12-6-2-3-7-13(12)18(21)22/h1-9,17H,10H2,(H,19,20)/p-1/b16-9-. The van der Waals surface area contributed by atoms with Gasteiger partial charge < -0.3 is 14.6 Å². The number of nitrogens with zero attached hydrogens (tertiary/aromatic N) is 2. The van der Waals surface area contributed by atoms with Gasteiger partial charge in [-0.1, -0.05) is 24.3 Å². The van der Waals surface area contributed by atoms with Gasteiger partial charge in [-0.05, 0) is 18.2 Å². The third-order valence-corrected chi connectivity index (χ3v) is 2.75. The number of hydrogen-bond donors (Lipinski definition) is 1. The summed E-state index contributed by atoms with van der Waals surface area (Å²) in [5.74, 6) is -1.03. The van der Waals surface area contributed by atoms with Gasteiger partial charge in [0.1, 0.15) is 18.0 Å². The molecule has 8 nitrogen and oxygen atoms in total. The fraction of sp³-hybridized carbons (Fsp3) is 0.0667. The average molecular weight is 314 g/mol. The Balaban J connectivity index is 2.12. The number of nitro groups is 1. The number of benzene rings is 2. The van der Waals surface area contributed by atoms with Gasteiger partial charge >= 0.3 is 0 Å². The van der Waals surface area contributed by atoms with E-state index in [4.69, 9.17) is 4.74 Å². The molecule has 0 aliphatic heterocycles. The van der Waals surface area contributed by atoms with E-state index in [-0.39, 0.29) is 11.4 Å². The van der Waals surface area contributed by atoms with Crippen LogP contribution in [-0.4, -0.2) is 23.7 Å². The van der Waals surface area contributed by atoms with E-state index in [1.165, 1.54) is 18.3 Å². The molecule has 0 heterocycles. The van der Waals surface area contributed by atoms with Crippen molar-refractivity contribution in [2.45, 2.75) is 0 Å². The van der Waals surface area contributed by atoms with E-state index in [2.05, 4.69) is 10.5 Å². The monoisotopic (exact) mass is 314 g/mol. The number of carbonyl (C=O) groups is 1. The molecule has 0 aliphatic carbocycles. The highest BCUT2D eigenvalue weighted by atomic mass is 16.6. The summed E-state index contributed by atoms with van der Waals surface area (Å²) < 4.78 is 5.07. The van der Waals surface area contributed by atoms with E-state index in [0.717, 1.165) is 0 Å². The van der Waals surface area contributed by atoms with E-state index in [9.17, 15) is 20.0 Å². The zero-order valence-electron chi connectivity index (χ0n) is 11.8. The van der Waals surface area contributed by atoms with Crippen LogP contribution < -0.4 is 15.3 Å². The summed E-state index contributed by atoms with van der Waals surface area (Å²) in [6.45, 7) is -0.581. The van der Waals surface area contributed by atoms with E-state index < -0.39 is 17.5 Å². The number of aliphatic carboxylic acids is 1. The molecule has 23 heavy (non-hydrogen) atoms. The smallest absolute Gasteiger partial charge is 0.294 e. The van der Waals surface area contributed by atoms with Crippen LogP contribution in [0, 0.1) is 10.1 Å². The first-order valence-corrected chi connectivity index (χ1v) is 6.52. The van der Waals surface area contributed by atoms with Crippen LogP contribution in [0.1, 0.15) is 5.56 Å². The van der Waals surface area contributed by atoms with Crippen molar-refractivity contribution in [3.63, 3.8) is 0 Å². The third-order valence-electron chi connectivity index (χ3n) is 2.75. The van der Waals surface area contributed by atoms with Crippen molar-refractivity contribution >= 4 is 23.6 Å². The molecule has 0 amide bonds. The molecule has 0 saturated heterocycles. The highest BCUT2D eigenvalue weighted by Crippen LogP contribution is 2.23. The first-order chi connectivity index (χ1) is 11.1. The number of para-hydroxylation sites is 3. The lowest BCUT2D eigenvalue weighted by molar-refractivity contribution is -0.384. The molecule has 0 aliphatic rings. The highest BCUT2D eigenvalue weighted by Gasteiger charge is 2.11. The summed E-state index contributed by atoms with van der Waals surface area (Å²) >= 11 is 0. The summed E-state index contributed by atoms with van der Waals surface area (Å²) in [4.78, 5) is 20.8. The van der Waals surface area contributed by atoms with Gasteiger partial charge in [0.2, 0.25) is 0 Å². The minimum atomic E-state index is -1.34. The molecule has 2 rings (SSSR count). The number of hydrogen-bond acceptors (Lipinski definition) is 7. The second-order valence-electron chi connectivity index (χ2n) is 4.34. The van der Waals surface area contributed by atoms with Crippen LogP contribution in [0.25, 0.3) is 0 Å². The lowest BCUT2D eigenvalue weighted by atomic mass is 10.2. The van der Waals surface area contributed by atoms with Crippen molar-refractivity contribution < 1.29 is 19.6 Å². The van der Waals surface area contributed by atoms with E-state index in [0.29, 0.717) is 11.3 Å². The Morgan fingerprint density at radius 2 is 1.91 bits per heavy atom. The van der Waals surface area contributed by atoms with Crippen LogP contribution in [0.5, 0.6) is 5.75 Å². The van der Waals surface area contributed by atoms with E-state index >= 15 is 0 Å². The SMILES string of the molecule is O=C([O-])COc1ccccc1/C=N\Nc1ccccc1[N+](=O)[O-]. The molecule has 0 spiro atoms. The van der Waals surface area contributed by atoms with Gasteiger partial charge in [-0.25, -0.2) is 0 Å². The Morgan fingerprint density at radius 1 is 1.22 bits per heavy atom. The van der Waals surface area contributed by atoms with Crippen LogP contribution >= 0.6 is 0 Å². The van der Waals surface area contributed by atoms with Crippen LogP contribution in [-0.2, 0) is 4.79 Å². The van der Waals surface area contributed by atoms with Crippen LogP contribution in [0.3, 0.4) is 0 Å². The third kappa shape index (κ3) is 4.53. The van der Waals surface area contributed by atoms with Gasteiger partial charge in [-0.3, -0.25) is 15.5 Å². The molecule has 118 valence electrons. The largest absolute Gasteiger partial charge is 0.546 e. The number of carboxylic acid groups (broad SMARTS) is 1. The lowest BCUT2D eigenvalue weighted by Gasteiger charge is -2.09. The van der Waals surface area contributed by atoms with Crippen molar-refractivity contribution in [3.05, 3.63) is 64.2 Å². The molecule has 0 bridgehead atoms. The van der Waals surface area contributed by atoms with Crippen molar-refractivity contribution in [3.8, 4) is 5.75 Å². The number of carbonyl (C=O) groups excluding carboxylic acids is 1. The summed E-state index contributed by atoms with van der Waals surface area (Å²) in [5, 5.41) is 25.2. The summed E-state index contributed by atoms with van der Waals surface area (Å²) in [5.41, 5.74) is 3.22. The first-order valence-electron chi connectivity index (χ1n) is 6.52. The second kappa shape index (κ2) is 7.55. The molecule has 0 atom stereocenters. The van der Waals surface area contributed by atoms with Crippen molar-refractivity contribution in [2.24, 2.45) is 5.10 Å². The molecule has 0 unspecified atom stereocenters. The Bertz CT molecular complexity index is 745. The molecule has 0 aromatic heterocycles. The van der Waals surface area contributed by atoms with E-state index in [1.54, 1.807) is 36.4 Å². The molecule has 2 aromatic carbocycles. The minimum absolute atomic E-state index is 0.105. The fourth-order valence-electron chi connectivity index (χ4n) is 1.75. The van der Waals surface area contributed by atoms with Crippen molar-refractivity contribution in [2.75, 3.05) is 12.0 Å². The summed E-state index contributed by atoms with van der Waals surface area (Å²) in [6, 6.07) is 12.7. The number of nitro benzene ring substituents is 1. The number of hydrazone groups is 1. The lowest BCUT2D eigenvalue weighted by Crippen LogP contribution is -2.29. The van der Waals surface area contributed by atoms with Crippen LogP contribution in [0.15, 0.2) is 53.6 Å². The normalized spacial score (nSPS) is 10.4. The number of rotatable bonds is 7. The zero-order chi connectivity index (χ0) is 16.7. The van der Waals surface area contributed by atoms with Gasteiger partial charge in [0.15, 0.2) is 0 Å². The fourth-order valence-corrected chi connectivity index (χ4v) is 1.75. The molecule has 1 N–H and O–H groups in total. The highest BCUT2D eigenvalue weighted by molar-refractivity contribution is 5.84. The molecule has 0 fully saturated rings. The maximum Gasteiger partial charge on any atom is 0.294 e. The Morgan fingerprint density at radius 3 is 2.65 bits per heavy atom. The van der Waals surface area contributed by atoms with Gasteiger partial charge in [-0.2, -0.15) is 5.10 Å².